The van der Waals surface area contributed by atoms with E-state index in [1.165, 1.54) is 64.2 Å². The molecule has 0 aliphatic carbocycles. The van der Waals surface area contributed by atoms with Gasteiger partial charge in [-0.2, -0.15) is 0 Å². The molecule has 0 saturated carbocycles. The third-order valence-electron chi connectivity index (χ3n) is 13.7. The second-order valence-electron chi connectivity index (χ2n) is 20.9. The average molecular weight is 1080 g/mol. The van der Waals surface area contributed by atoms with Crippen LogP contribution in [0.25, 0.3) is 0 Å². The molecular formula is C65H110O12. The van der Waals surface area contributed by atoms with Crippen LogP contribution in [0.4, 0.5) is 0 Å². The number of hydrogen-bond donors (Lipinski definition) is 3. The van der Waals surface area contributed by atoms with Crippen molar-refractivity contribution in [2.75, 3.05) is 13.2 Å². The highest BCUT2D eigenvalue weighted by Crippen LogP contribution is 2.26. The minimum absolute atomic E-state index is 0.0415. The maximum Gasteiger partial charge on any atom is 0.335 e. The number of carbonyl (C=O) groups is 4. The SMILES string of the molecule is CC/C=C\C/C=C\C/C=C\CCCCCCCCCC(=O)OCC(COC1OC(C(=O)O)C(O)C(O)C1OC(=O)CCCCCCC/C=C\C/C=C\CCC)OC(=O)CCCCCCCCC/C=C\CCCCCCCC. The van der Waals surface area contributed by atoms with Crippen molar-refractivity contribution in [3.05, 3.63) is 72.9 Å². The number of carboxylic acids is 1. The van der Waals surface area contributed by atoms with Gasteiger partial charge in [0, 0.05) is 19.3 Å². The molecule has 12 nitrogen and oxygen atoms in total. The number of aliphatic hydroxyl groups excluding tert-OH is 2. The van der Waals surface area contributed by atoms with Crippen molar-refractivity contribution in [3.63, 3.8) is 0 Å². The van der Waals surface area contributed by atoms with Crippen molar-refractivity contribution in [2.45, 2.75) is 302 Å². The van der Waals surface area contributed by atoms with Crippen molar-refractivity contribution in [1.82, 2.24) is 0 Å². The molecule has 6 atom stereocenters. The van der Waals surface area contributed by atoms with E-state index in [0.717, 1.165) is 141 Å². The summed E-state index contributed by atoms with van der Waals surface area (Å²) in [4.78, 5) is 51.2. The van der Waals surface area contributed by atoms with Gasteiger partial charge in [-0.1, -0.05) is 216 Å². The second kappa shape index (κ2) is 52.8. The number of aliphatic carboxylic acids is 1. The fourth-order valence-corrected chi connectivity index (χ4v) is 9.00. The highest BCUT2D eigenvalue weighted by atomic mass is 16.7. The smallest absolute Gasteiger partial charge is 0.335 e. The molecule has 77 heavy (non-hydrogen) atoms. The van der Waals surface area contributed by atoms with Crippen LogP contribution in [0.2, 0.25) is 0 Å². The number of rotatable bonds is 52. The molecule has 12 heteroatoms. The summed E-state index contributed by atoms with van der Waals surface area (Å²) in [5.41, 5.74) is 0. The average Bonchev–Trinajstić information content (AvgIpc) is 3.42. The van der Waals surface area contributed by atoms with Gasteiger partial charge < -0.3 is 39.0 Å². The zero-order valence-corrected chi connectivity index (χ0v) is 48.7. The molecule has 1 heterocycles. The van der Waals surface area contributed by atoms with Gasteiger partial charge in [0.1, 0.15) is 18.8 Å². The summed E-state index contributed by atoms with van der Waals surface area (Å²) in [7, 11) is 0. The Kier molecular flexibility index (Phi) is 48.8. The molecular weight excluding hydrogens is 973 g/mol. The van der Waals surface area contributed by atoms with Gasteiger partial charge in [0.05, 0.1) is 6.61 Å². The van der Waals surface area contributed by atoms with Crippen LogP contribution in [0.1, 0.15) is 265 Å². The lowest BCUT2D eigenvalue weighted by molar-refractivity contribution is -0.301. The molecule has 1 rings (SSSR count). The van der Waals surface area contributed by atoms with Crippen LogP contribution in [-0.2, 0) is 42.9 Å². The largest absolute Gasteiger partial charge is 0.479 e. The number of esters is 3. The predicted octanol–water partition coefficient (Wildman–Crippen LogP) is 16.1. The number of carbonyl (C=O) groups excluding carboxylic acids is 3. The number of allylic oxidation sites excluding steroid dienone is 12. The molecule has 0 bridgehead atoms. The number of carboxylic acid groups (broad SMARTS) is 1. The second-order valence-corrected chi connectivity index (χ2v) is 20.9. The highest BCUT2D eigenvalue weighted by Gasteiger charge is 2.50. The van der Waals surface area contributed by atoms with Gasteiger partial charge in [-0.05, 0) is 103 Å². The van der Waals surface area contributed by atoms with Gasteiger partial charge in [-0.3, -0.25) is 14.4 Å². The molecule has 0 spiro atoms. The lowest BCUT2D eigenvalue weighted by Gasteiger charge is -2.40. The molecule has 0 aromatic carbocycles. The number of ether oxygens (including phenoxy) is 5. The fraction of sp³-hybridized carbons (Fsp3) is 0.754. The summed E-state index contributed by atoms with van der Waals surface area (Å²) in [5.74, 6) is -3.15. The predicted molar refractivity (Wildman–Crippen MR) is 312 cm³/mol. The molecule has 3 N–H and O–H groups in total. The van der Waals surface area contributed by atoms with E-state index < -0.39 is 67.3 Å². The third-order valence-corrected chi connectivity index (χ3v) is 13.7. The van der Waals surface area contributed by atoms with Crippen LogP contribution < -0.4 is 0 Å². The normalized spacial score (nSPS) is 18.5. The van der Waals surface area contributed by atoms with Crippen LogP contribution in [0.3, 0.4) is 0 Å². The van der Waals surface area contributed by atoms with E-state index in [9.17, 15) is 34.5 Å². The Morgan fingerprint density at radius 3 is 1.31 bits per heavy atom. The number of unbranched alkanes of at least 4 members (excludes halogenated alkanes) is 26. The first-order valence-electron chi connectivity index (χ1n) is 30.9. The van der Waals surface area contributed by atoms with Gasteiger partial charge >= 0.3 is 23.9 Å². The molecule has 6 unspecified atom stereocenters. The maximum atomic E-state index is 13.2. The maximum absolute atomic E-state index is 13.2. The minimum Gasteiger partial charge on any atom is -0.479 e. The number of hydrogen-bond acceptors (Lipinski definition) is 11. The first-order chi connectivity index (χ1) is 37.6. The van der Waals surface area contributed by atoms with Crippen molar-refractivity contribution >= 4 is 23.9 Å². The monoisotopic (exact) mass is 1080 g/mol. The zero-order chi connectivity index (χ0) is 56.1. The Morgan fingerprint density at radius 2 is 0.844 bits per heavy atom. The summed E-state index contributed by atoms with van der Waals surface area (Å²) in [6, 6.07) is 0. The van der Waals surface area contributed by atoms with Crippen molar-refractivity contribution in [2.24, 2.45) is 0 Å². The molecule has 0 amide bonds. The van der Waals surface area contributed by atoms with E-state index in [2.05, 4.69) is 93.7 Å². The summed E-state index contributed by atoms with van der Waals surface area (Å²) in [6.45, 7) is 5.81. The van der Waals surface area contributed by atoms with E-state index in [1.54, 1.807) is 0 Å². The molecule has 1 saturated heterocycles. The Labute approximate surface area is 468 Å². The van der Waals surface area contributed by atoms with E-state index >= 15 is 0 Å². The highest BCUT2D eigenvalue weighted by molar-refractivity contribution is 5.74. The molecule has 0 radical (unpaired) electrons. The summed E-state index contributed by atoms with van der Waals surface area (Å²) < 4.78 is 28.5. The Morgan fingerprint density at radius 1 is 0.442 bits per heavy atom. The lowest BCUT2D eigenvalue weighted by Crippen LogP contribution is -2.61. The Bertz CT molecular complexity index is 1620. The van der Waals surface area contributed by atoms with Gasteiger partial charge in [-0.25, -0.2) is 4.79 Å². The Hall–Kier alpha value is -3.84. The first kappa shape index (κ1) is 71.2. The molecule has 0 aromatic rings. The molecule has 1 aliphatic rings. The van der Waals surface area contributed by atoms with Gasteiger partial charge in [0.25, 0.3) is 0 Å². The van der Waals surface area contributed by atoms with Crippen LogP contribution >= 0.6 is 0 Å². The van der Waals surface area contributed by atoms with E-state index in [1.807, 2.05) is 0 Å². The van der Waals surface area contributed by atoms with E-state index in [-0.39, 0.29) is 25.9 Å². The molecule has 0 aromatic heterocycles. The van der Waals surface area contributed by atoms with Gasteiger partial charge in [0.15, 0.2) is 24.6 Å². The minimum atomic E-state index is -1.91. The van der Waals surface area contributed by atoms with Crippen LogP contribution in [0.15, 0.2) is 72.9 Å². The topological polar surface area (TPSA) is 175 Å². The van der Waals surface area contributed by atoms with Crippen molar-refractivity contribution in [1.29, 1.82) is 0 Å². The van der Waals surface area contributed by atoms with Crippen molar-refractivity contribution < 1.29 is 58.2 Å². The standard InChI is InChI=1S/C65H110O12/c1-4-7-10-13-16-19-22-25-27-29-31-34-36-39-42-45-48-51-57(66)73-54-56(75-58(67)52-49-46-43-40-38-35-32-30-28-26-23-20-17-14-11-8-5-2)55-74-65-63(61(70)60(69)62(77-65)64(71)72)76-59(68)53-50-47-44-41-37-33-24-21-18-15-12-9-6-3/h7,10,12,15-16,19,21,24-28,56,60-63,65,69-70H,4-6,8-9,11,13-14,17-18,20,22-23,29-55H2,1-3H3,(H,71,72)/b10-7-,15-12-,19-16-,24-21-,27-25-,28-26-. The van der Waals surface area contributed by atoms with E-state index in [0.29, 0.717) is 19.3 Å². The van der Waals surface area contributed by atoms with Crippen LogP contribution in [-0.4, -0.2) is 89.2 Å². The van der Waals surface area contributed by atoms with Gasteiger partial charge in [-0.15, -0.1) is 0 Å². The molecule has 442 valence electrons. The van der Waals surface area contributed by atoms with Crippen molar-refractivity contribution in [3.8, 4) is 0 Å². The first-order valence-corrected chi connectivity index (χ1v) is 30.9. The lowest BCUT2D eigenvalue weighted by atomic mass is 9.98. The zero-order valence-electron chi connectivity index (χ0n) is 48.7. The van der Waals surface area contributed by atoms with E-state index in [4.69, 9.17) is 23.7 Å². The van der Waals surface area contributed by atoms with Gasteiger partial charge in [0.2, 0.25) is 0 Å². The molecule has 1 fully saturated rings. The quantitative estimate of drug-likeness (QED) is 0.0228. The summed E-state index contributed by atoms with van der Waals surface area (Å²) >= 11 is 0. The fourth-order valence-electron chi connectivity index (χ4n) is 9.00. The van der Waals surface area contributed by atoms with Crippen LogP contribution in [0, 0.1) is 0 Å². The van der Waals surface area contributed by atoms with Crippen LogP contribution in [0.5, 0.6) is 0 Å². The summed E-state index contributed by atoms with van der Waals surface area (Å²) in [6.07, 6.45) is 54.3. The summed E-state index contributed by atoms with van der Waals surface area (Å²) in [5, 5.41) is 31.5. The third kappa shape index (κ3) is 42.7. The molecule has 1 aliphatic heterocycles. The Balaban J connectivity index is 2.69. The number of aliphatic hydroxyl groups is 2.